The van der Waals surface area contributed by atoms with Crippen LogP contribution in [0.15, 0.2) is 26.7 Å². The van der Waals surface area contributed by atoms with E-state index in [1.54, 1.807) is 13.1 Å². The topological polar surface area (TPSA) is 67.4 Å². The predicted octanol–water partition coefficient (Wildman–Crippen LogP) is 2.13. The summed E-state index contributed by atoms with van der Waals surface area (Å²) in [7, 11) is 1.67. The van der Waals surface area contributed by atoms with Crippen molar-refractivity contribution in [2.75, 3.05) is 0 Å². The van der Waals surface area contributed by atoms with Crippen molar-refractivity contribution in [1.82, 2.24) is 20.2 Å². The molecule has 0 unspecified atom stereocenters. The van der Waals surface area contributed by atoms with Gasteiger partial charge in [0.2, 0.25) is 5.16 Å². The Bertz CT molecular complexity index is 606. The van der Waals surface area contributed by atoms with Crippen molar-refractivity contribution in [2.45, 2.75) is 10.1 Å². The smallest absolute Gasteiger partial charge is 0.213 e. The van der Waals surface area contributed by atoms with E-state index in [2.05, 4.69) is 31.5 Å². The Labute approximate surface area is 109 Å². The zero-order chi connectivity index (χ0) is 12.4. The monoisotopic (exact) mass is 313 g/mol. The summed E-state index contributed by atoms with van der Waals surface area (Å²) in [6.45, 7) is 0. The van der Waals surface area contributed by atoms with Gasteiger partial charge in [0.05, 0.1) is 14.9 Å². The van der Waals surface area contributed by atoms with Gasteiger partial charge < -0.3 is 0 Å². The molecular weight excluding hydrogens is 309 g/mol. The summed E-state index contributed by atoms with van der Waals surface area (Å²) in [5, 5.41) is 20.1. The van der Waals surface area contributed by atoms with E-state index in [9.17, 15) is 4.39 Å². The molecule has 0 fully saturated rings. The molecule has 0 aliphatic heterocycles. The number of rotatable bonds is 2. The van der Waals surface area contributed by atoms with Crippen LogP contribution >= 0.6 is 27.7 Å². The Kier molecular flexibility index (Phi) is 3.40. The fourth-order valence-electron chi connectivity index (χ4n) is 1.10. The highest BCUT2D eigenvalue weighted by Gasteiger charge is 2.14. The Morgan fingerprint density at radius 2 is 2.29 bits per heavy atom. The third-order valence-corrected chi connectivity index (χ3v) is 3.79. The molecule has 0 atom stereocenters. The second-order valence-electron chi connectivity index (χ2n) is 3.04. The standard InChI is InChI=1S/C9H5BrFN5S/c1-16-9(13-14-15-16)17-6-3-2-5(4-12)7(10)8(6)11/h2-3H,1H3. The largest absolute Gasteiger partial charge is 0.223 e. The molecule has 0 bridgehead atoms. The van der Waals surface area contributed by atoms with Crippen LogP contribution in [0.1, 0.15) is 5.56 Å². The van der Waals surface area contributed by atoms with Crippen LogP contribution in [-0.2, 0) is 7.05 Å². The van der Waals surface area contributed by atoms with Crippen molar-refractivity contribution >= 4 is 27.7 Å². The molecule has 0 spiro atoms. The van der Waals surface area contributed by atoms with Crippen molar-refractivity contribution in [3.05, 3.63) is 28.0 Å². The molecular formula is C9H5BrFN5S. The number of halogens is 2. The molecule has 0 amide bonds. The molecule has 0 aliphatic rings. The van der Waals surface area contributed by atoms with Gasteiger partial charge in [-0.25, -0.2) is 9.07 Å². The molecule has 0 saturated heterocycles. The molecule has 17 heavy (non-hydrogen) atoms. The Hall–Kier alpha value is -1.46. The maximum atomic E-state index is 13.9. The molecule has 8 heteroatoms. The van der Waals surface area contributed by atoms with Crippen molar-refractivity contribution in [2.24, 2.45) is 7.05 Å². The minimum Gasteiger partial charge on any atom is -0.223 e. The second-order valence-corrected chi connectivity index (χ2v) is 4.84. The van der Waals surface area contributed by atoms with E-state index in [-0.39, 0.29) is 10.0 Å². The number of hydrogen-bond donors (Lipinski definition) is 0. The average Bonchev–Trinajstić information content (AvgIpc) is 2.71. The van der Waals surface area contributed by atoms with E-state index in [4.69, 9.17) is 5.26 Å². The normalized spacial score (nSPS) is 10.2. The van der Waals surface area contributed by atoms with Gasteiger partial charge in [-0.05, 0) is 50.3 Å². The molecule has 0 radical (unpaired) electrons. The molecule has 0 saturated carbocycles. The fourth-order valence-corrected chi connectivity index (χ4v) is 2.44. The molecule has 5 nitrogen and oxygen atoms in total. The minimum absolute atomic E-state index is 0.153. The van der Waals surface area contributed by atoms with Gasteiger partial charge in [0.25, 0.3) is 0 Å². The minimum atomic E-state index is -0.489. The maximum Gasteiger partial charge on any atom is 0.213 e. The number of nitrogens with zero attached hydrogens (tertiary/aromatic N) is 5. The fraction of sp³-hybridized carbons (Fsp3) is 0.111. The Morgan fingerprint density at radius 1 is 1.53 bits per heavy atom. The highest BCUT2D eigenvalue weighted by Crippen LogP contribution is 2.32. The summed E-state index contributed by atoms with van der Waals surface area (Å²) in [4.78, 5) is 0.355. The molecule has 1 aromatic carbocycles. The summed E-state index contributed by atoms with van der Waals surface area (Å²) in [5.74, 6) is -0.489. The van der Waals surface area contributed by atoms with E-state index >= 15 is 0 Å². The van der Waals surface area contributed by atoms with Gasteiger partial charge >= 0.3 is 0 Å². The van der Waals surface area contributed by atoms with Crippen molar-refractivity contribution in [1.29, 1.82) is 5.26 Å². The van der Waals surface area contributed by atoms with Gasteiger partial charge in [-0.15, -0.1) is 5.10 Å². The molecule has 2 rings (SSSR count). The number of benzene rings is 1. The first kappa shape index (κ1) is 12.0. The lowest BCUT2D eigenvalue weighted by Gasteiger charge is -2.04. The third kappa shape index (κ3) is 2.30. The lowest BCUT2D eigenvalue weighted by atomic mass is 10.2. The van der Waals surface area contributed by atoms with Crippen LogP contribution in [0.2, 0.25) is 0 Å². The summed E-state index contributed by atoms with van der Waals surface area (Å²) < 4.78 is 15.5. The zero-order valence-electron chi connectivity index (χ0n) is 8.55. The summed E-state index contributed by atoms with van der Waals surface area (Å²) in [6.07, 6.45) is 0. The van der Waals surface area contributed by atoms with E-state index in [1.807, 2.05) is 6.07 Å². The second kappa shape index (κ2) is 4.81. The van der Waals surface area contributed by atoms with E-state index in [1.165, 1.54) is 10.7 Å². The average molecular weight is 314 g/mol. The molecule has 2 aromatic rings. The van der Waals surface area contributed by atoms with Crippen molar-refractivity contribution < 1.29 is 4.39 Å². The van der Waals surface area contributed by atoms with Crippen LogP contribution in [0.4, 0.5) is 4.39 Å². The number of aryl methyl sites for hydroxylation is 1. The molecule has 0 aliphatic carbocycles. The van der Waals surface area contributed by atoms with E-state index in [0.29, 0.717) is 10.1 Å². The maximum absolute atomic E-state index is 13.9. The third-order valence-electron chi connectivity index (χ3n) is 1.95. The molecule has 1 heterocycles. The first-order valence-electron chi connectivity index (χ1n) is 4.41. The first-order valence-corrected chi connectivity index (χ1v) is 6.02. The summed E-state index contributed by atoms with van der Waals surface area (Å²) in [5.41, 5.74) is 0.253. The SMILES string of the molecule is Cn1nnnc1Sc1ccc(C#N)c(Br)c1F. The first-order chi connectivity index (χ1) is 8.13. The molecule has 0 N–H and O–H groups in total. The lowest BCUT2D eigenvalue weighted by Crippen LogP contribution is -1.94. The van der Waals surface area contributed by atoms with Crippen LogP contribution in [-0.4, -0.2) is 20.2 Å². The van der Waals surface area contributed by atoms with Gasteiger partial charge in [0, 0.05) is 7.05 Å². The quantitative estimate of drug-likeness (QED) is 0.849. The number of hydrogen-bond acceptors (Lipinski definition) is 5. The number of aromatic nitrogens is 4. The van der Waals surface area contributed by atoms with Crippen LogP contribution in [0.3, 0.4) is 0 Å². The van der Waals surface area contributed by atoms with Crippen LogP contribution < -0.4 is 0 Å². The van der Waals surface area contributed by atoms with Crippen LogP contribution in [0.5, 0.6) is 0 Å². The number of tetrazole rings is 1. The van der Waals surface area contributed by atoms with E-state index < -0.39 is 5.82 Å². The Balaban J connectivity index is 2.39. The van der Waals surface area contributed by atoms with Crippen LogP contribution in [0.25, 0.3) is 0 Å². The van der Waals surface area contributed by atoms with Crippen molar-refractivity contribution in [3.8, 4) is 6.07 Å². The van der Waals surface area contributed by atoms with Gasteiger partial charge in [0.15, 0.2) is 5.82 Å². The van der Waals surface area contributed by atoms with Gasteiger partial charge in [-0.3, -0.25) is 0 Å². The number of nitriles is 1. The van der Waals surface area contributed by atoms with Crippen LogP contribution in [0, 0.1) is 17.1 Å². The molecule has 86 valence electrons. The molecule has 1 aromatic heterocycles. The highest BCUT2D eigenvalue weighted by molar-refractivity contribution is 9.10. The van der Waals surface area contributed by atoms with Gasteiger partial charge in [-0.2, -0.15) is 5.26 Å². The summed E-state index contributed by atoms with van der Waals surface area (Å²) >= 11 is 4.14. The zero-order valence-corrected chi connectivity index (χ0v) is 11.0. The van der Waals surface area contributed by atoms with E-state index in [0.717, 1.165) is 11.8 Å². The van der Waals surface area contributed by atoms with Gasteiger partial charge in [0.1, 0.15) is 6.07 Å². The summed E-state index contributed by atoms with van der Waals surface area (Å²) in [6, 6.07) is 4.96. The Morgan fingerprint density at radius 3 is 2.88 bits per heavy atom. The lowest BCUT2D eigenvalue weighted by molar-refractivity contribution is 0.593. The van der Waals surface area contributed by atoms with Crippen molar-refractivity contribution in [3.63, 3.8) is 0 Å². The predicted molar refractivity (Wildman–Crippen MR) is 61.7 cm³/mol. The highest BCUT2D eigenvalue weighted by atomic mass is 79.9. The van der Waals surface area contributed by atoms with Gasteiger partial charge in [-0.1, -0.05) is 0 Å².